The van der Waals surface area contributed by atoms with Crippen molar-refractivity contribution in [2.24, 2.45) is 5.73 Å². The Labute approximate surface area is 124 Å². The Kier molecular flexibility index (Phi) is 4.28. The Balaban J connectivity index is 2.31. The highest BCUT2D eigenvalue weighted by atomic mass is 35.5. The van der Waals surface area contributed by atoms with Crippen LogP contribution in [0.25, 0.3) is 0 Å². The van der Waals surface area contributed by atoms with Gasteiger partial charge in [0, 0.05) is 29.6 Å². The van der Waals surface area contributed by atoms with Crippen molar-refractivity contribution in [2.75, 3.05) is 19.0 Å². The lowest BCUT2D eigenvalue weighted by Gasteiger charge is -2.06. The van der Waals surface area contributed by atoms with E-state index in [4.69, 9.17) is 22.7 Å². The molecule has 0 fully saturated rings. The average Bonchev–Trinajstić information content (AvgIpc) is 2.77. The minimum atomic E-state index is 0.0107. The van der Waals surface area contributed by atoms with E-state index in [2.05, 4.69) is 10.2 Å². The van der Waals surface area contributed by atoms with E-state index in [1.807, 2.05) is 19.0 Å². The summed E-state index contributed by atoms with van der Waals surface area (Å²) in [6, 6.07) is 5.23. The third kappa shape index (κ3) is 3.37. The summed E-state index contributed by atoms with van der Waals surface area (Å²) < 4.78 is 0.786. The van der Waals surface area contributed by atoms with E-state index in [1.54, 1.807) is 18.2 Å². The Bertz CT molecular complexity index is 611. The molecule has 1 aromatic carbocycles. The molecule has 0 atom stereocenters. The fourth-order valence-electron chi connectivity index (χ4n) is 1.32. The van der Waals surface area contributed by atoms with Crippen LogP contribution in [-0.4, -0.2) is 30.1 Å². The second kappa shape index (κ2) is 5.77. The number of anilines is 1. The van der Waals surface area contributed by atoms with Gasteiger partial charge in [-0.15, -0.1) is 10.2 Å². The Hall–Kier alpha value is -1.31. The molecule has 1 heterocycles. The molecule has 1 aromatic heterocycles. The first-order valence-corrected chi connectivity index (χ1v) is 7.31. The van der Waals surface area contributed by atoms with Crippen molar-refractivity contribution in [2.45, 2.75) is 9.24 Å². The minimum Gasteiger partial charge on any atom is -0.384 e. The van der Waals surface area contributed by atoms with Crippen LogP contribution < -0.4 is 10.6 Å². The molecular formula is C11H12ClN5S2. The van der Waals surface area contributed by atoms with Gasteiger partial charge in [-0.2, -0.15) is 0 Å². The van der Waals surface area contributed by atoms with Crippen LogP contribution in [0.15, 0.2) is 27.4 Å². The standard InChI is InChI=1S/C11H12ClN5S2/c1-17(2)10-15-16-11(19-10)18-8-5-6(12)3-4-7(8)9(13)14/h3-5H,1-2H3,(H3,13,14). The minimum absolute atomic E-state index is 0.0107. The lowest BCUT2D eigenvalue weighted by Crippen LogP contribution is -2.12. The first kappa shape index (κ1) is 14.1. The van der Waals surface area contributed by atoms with E-state index < -0.39 is 0 Å². The number of nitrogens with zero attached hydrogens (tertiary/aromatic N) is 3. The molecule has 0 spiro atoms. The number of aromatic nitrogens is 2. The molecule has 0 amide bonds. The molecule has 0 saturated heterocycles. The predicted molar refractivity (Wildman–Crippen MR) is 80.8 cm³/mol. The highest BCUT2D eigenvalue weighted by molar-refractivity contribution is 8.01. The summed E-state index contributed by atoms with van der Waals surface area (Å²) in [6.45, 7) is 0. The van der Waals surface area contributed by atoms with Crippen LogP contribution in [0.1, 0.15) is 5.56 Å². The maximum absolute atomic E-state index is 7.57. The number of halogens is 1. The van der Waals surface area contributed by atoms with Gasteiger partial charge in [-0.1, -0.05) is 34.7 Å². The molecule has 0 aliphatic rings. The molecule has 2 rings (SSSR count). The van der Waals surface area contributed by atoms with E-state index in [0.717, 1.165) is 14.4 Å². The zero-order chi connectivity index (χ0) is 14.0. The lowest BCUT2D eigenvalue weighted by atomic mass is 10.2. The van der Waals surface area contributed by atoms with Gasteiger partial charge in [0.25, 0.3) is 0 Å². The number of amidine groups is 1. The number of hydrogen-bond donors (Lipinski definition) is 2. The van der Waals surface area contributed by atoms with E-state index in [9.17, 15) is 0 Å². The van der Waals surface area contributed by atoms with Gasteiger partial charge >= 0.3 is 0 Å². The van der Waals surface area contributed by atoms with E-state index >= 15 is 0 Å². The lowest BCUT2D eigenvalue weighted by molar-refractivity contribution is 0.972. The molecule has 0 aliphatic carbocycles. The highest BCUT2D eigenvalue weighted by Gasteiger charge is 2.12. The number of nitrogens with one attached hydrogen (secondary N) is 1. The van der Waals surface area contributed by atoms with Crippen molar-refractivity contribution in [1.29, 1.82) is 5.41 Å². The van der Waals surface area contributed by atoms with Crippen LogP contribution in [0.5, 0.6) is 0 Å². The summed E-state index contributed by atoms with van der Waals surface area (Å²) in [6.07, 6.45) is 0. The average molecular weight is 314 g/mol. The summed E-state index contributed by atoms with van der Waals surface area (Å²) >= 11 is 8.86. The van der Waals surface area contributed by atoms with Gasteiger partial charge in [-0.25, -0.2) is 0 Å². The summed E-state index contributed by atoms with van der Waals surface area (Å²) in [5, 5.41) is 17.2. The first-order valence-electron chi connectivity index (χ1n) is 5.30. The topological polar surface area (TPSA) is 78.9 Å². The third-order valence-corrected chi connectivity index (χ3v) is 4.64. The molecule has 3 N–H and O–H groups in total. The van der Waals surface area contributed by atoms with Crippen LogP contribution >= 0.6 is 34.7 Å². The van der Waals surface area contributed by atoms with Crippen LogP contribution in [0.4, 0.5) is 5.13 Å². The second-order valence-electron chi connectivity index (χ2n) is 3.90. The van der Waals surface area contributed by atoms with Crippen LogP contribution in [0.2, 0.25) is 5.02 Å². The Morgan fingerprint density at radius 3 is 2.74 bits per heavy atom. The molecule has 19 heavy (non-hydrogen) atoms. The zero-order valence-electron chi connectivity index (χ0n) is 10.3. The maximum Gasteiger partial charge on any atom is 0.208 e. The van der Waals surface area contributed by atoms with Crippen molar-refractivity contribution in [3.8, 4) is 0 Å². The number of nitrogens with two attached hydrogens (primary N) is 1. The molecule has 5 nitrogen and oxygen atoms in total. The second-order valence-corrected chi connectivity index (χ2v) is 6.58. The monoisotopic (exact) mass is 313 g/mol. The van der Waals surface area contributed by atoms with Crippen molar-refractivity contribution in [1.82, 2.24) is 10.2 Å². The quantitative estimate of drug-likeness (QED) is 0.670. The van der Waals surface area contributed by atoms with Gasteiger partial charge in [0.15, 0.2) is 4.34 Å². The SMILES string of the molecule is CN(C)c1nnc(Sc2cc(Cl)ccc2C(=N)N)s1. The van der Waals surface area contributed by atoms with Crippen LogP contribution in [0.3, 0.4) is 0 Å². The summed E-state index contributed by atoms with van der Waals surface area (Å²) in [7, 11) is 3.82. The molecule has 0 bridgehead atoms. The number of hydrogen-bond acceptors (Lipinski definition) is 6. The third-order valence-electron chi connectivity index (χ3n) is 2.21. The Morgan fingerprint density at radius 1 is 1.42 bits per heavy atom. The maximum atomic E-state index is 7.57. The van der Waals surface area contributed by atoms with E-state index in [1.165, 1.54) is 23.1 Å². The van der Waals surface area contributed by atoms with Gasteiger partial charge in [-0.3, -0.25) is 5.41 Å². The normalized spacial score (nSPS) is 10.5. The summed E-state index contributed by atoms with van der Waals surface area (Å²) in [5.74, 6) is 0.0107. The first-order chi connectivity index (χ1) is 8.97. The van der Waals surface area contributed by atoms with Crippen LogP contribution in [0, 0.1) is 5.41 Å². The summed E-state index contributed by atoms with van der Waals surface area (Å²) in [5.41, 5.74) is 6.21. The molecular weight excluding hydrogens is 302 g/mol. The molecule has 0 unspecified atom stereocenters. The highest BCUT2D eigenvalue weighted by Crippen LogP contribution is 2.35. The largest absolute Gasteiger partial charge is 0.384 e. The molecule has 0 saturated carbocycles. The van der Waals surface area contributed by atoms with Crippen molar-refractivity contribution < 1.29 is 0 Å². The van der Waals surface area contributed by atoms with Gasteiger partial charge in [0.2, 0.25) is 5.13 Å². The van der Waals surface area contributed by atoms with Gasteiger partial charge < -0.3 is 10.6 Å². The zero-order valence-corrected chi connectivity index (χ0v) is 12.7. The van der Waals surface area contributed by atoms with Crippen molar-refractivity contribution >= 4 is 45.7 Å². The number of benzene rings is 1. The summed E-state index contributed by atoms with van der Waals surface area (Å²) in [4.78, 5) is 2.70. The molecule has 0 aliphatic heterocycles. The molecule has 2 aromatic rings. The number of nitrogen functional groups attached to an aromatic ring is 1. The van der Waals surface area contributed by atoms with Crippen LogP contribution in [-0.2, 0) is 0 Å². The molecule has 100 valence electrons. The Morgan fingerprint density at radius 2 is 2.16 bits per heavy atom. The fourth-order valence-corrected chi connectivity index (χ4v) is 3.46. The van der Waals surface area contributed by atoms with E-state index in [0.29, 0.717) is 10.6 Å². The van der Waals surface area contributed by atoms with E-state index in [-0.39, 0.29) is 5.84 Å². The smallest absolute Gasteiger partial charge is 0.208 e. The predicted octanol–water partition coefficient (Wildman–Crippen LogP) is 2.69. The molecule has 0 radical (unpaired) electrons. The molecule has 8 heteroatoms. The van der Waals surface area contributed by atoms with Gasteiger partial charge in [-0.05, 0) is 18.2 Å². The van der Waals surface area contributed by atoms with Crippen molar-refractivity contribution in [3.63, 3.8) is 0 Å². The number of rotatable bonds is 4. The van der Waals surface area contributed by atoms with Gasteiger partial charge in [0.05, 0.1) is 0 Å². The van der Waals surface area contributed by atoms with Crippen molar-refractivity contribution in [3.05, 3.63) is 28.8 Å². The fraction of sp³-hybridized carbons (Fsp3) is 0.182. The van der Waals surface area contributed by atoms with Gasteiger partial charge in [0.1, 0.15) is 5.84 Å².